The van der Waals surface area contributed by atoms with Crippen LogP contribution >= 0.6 is 35.1 Å². The Bertz CT molecular complexity index is 590. The third kappa shape index (κ3) is 3.74. The lowest BCUT2D eigenvalue weighted by Gasteiger charge is -2.13. The fourth-order valence-electron chi connectivity index (χ4n) is 2.24. The van der Waals surface area contributed by atoms with Crippen LogP contribution in [0.3, 0.4) is 0 Å². The summed E-state index contributed by atoms with van der Waals surface area (Å²) in [6, 6.07) is 8.20. The lowest BCUT2D eigenvalue weighted by atomic mass is 10.0. The number of nitrogens with zero attached hydrogens (tertiary/aromatic N) is 2. The number of hydrogen-bond acceptors (Lipinski definition) is 6. The molecular formula is C14H16ClN3OS2. The number of halogens is 1. The van der Waals surface area contributed by atoms with Crippen molar-refractivity contribution in [1.82, 2.24) is 15.5 Å². The predicted molar refractivity (Wildman–Crippen MR) is 88.2 cm³/mol. The Balaban J connectivity index is 1.61. The quantitative estimate of drug-likeness (QED) is 0.841. The second kappa shape index (κ2) is 7.05. The van der Waals surface area contributed by atoms with E-state index in [1.165, 1.54) is 0 Å². The first-order valence-corrected chi connectivity index (χ1v) is 9.24. The Labute approximate surface area is 137 Å². The average Bonchev–Trinajstić information content (AvgIpc) is 3.15. The summed E-state index contributed by atoms with van der Waals surface area (Å²) in [5.74, 6) is 4.66. The van der Waals surface area contributed by atoms with Crippen LogP contribution in [0.25, 0.3) is 0 Å². The Kier molecular flexibility index (Phi) is 5.11. The van der Waals surface area contributed by atoms with Gasteiger partial charge in [0.1, 0.15) is 0 Å². The van der Waals surface area contributed by atoms with Gasteiger partial charge in [-0.15, -0.1) is 11.8 Å². The monoisotopic (exact) mass is 341 g/mol. The van der Waals surface area contributed by atoms with Crippen molar-refractivity contribution < 1.29 is 4.52 Å². The van der Waals surface area contributed by atoms with E-state index in [9.17, 15) is 0 Å². The van der Waals surface area contributed by atoms with E-state index in [0.717, 1.165) is 33.1 Å². The molecule has 2 heterocycles. The maximum Gasteiger partial charge on any atom is 0.232 e. The van der Waals surface area contributed by atoms with Gasteiger partial charge in [-0.3, -0.25) is 0 Å². The molecule has 1 saturated heterocycles. The molecule has 0 aliphatic carbocycles. The van der Waals surface area contributed by atoms with E-state index in [1.807, 2.05) is 43.1 Å². The molecule has 112 valence electrons. The first-order valence-electron chi connectivity index (χ1n) is 6.72. The fourth-order valence-corrected chi connectivity index (χ4v) is 4.52. The van der Waals surface area contributed by atoms with Crippen LogP contribution in [0.1, 0.15) is 17.6 Å². The standard InChI is InChI=1S/C14H16ClN3OS2/c1-16-12-7-20-6-11(12)14-17-13(18-19-14)8-21-10-4-2-9(15)3-5-10/h2-5,11-12,16H,6-8H2,1H3. The van der Waals surface area contributed by atoms with Crippen LogP contribution in [0, 0.1) is 0 Å². The van der Waals surface area contributed by atoms with Crippen molar-refractivity contribution in [2.75, 3.05) is 18.6 Å². The Morgan fingerprint density at radius 3 is 2.95 bits per heavy atom. The van der Waals surface area contributed by atoms with E-state index in [2.05, 4.69) is 15.5 Å². The number of likely N-dealkylation sites (N-methyl/N-ethyl adjacent to an activating group) is 1. The second-order valence-electron chi connectivity index (χ2n) is 4.83. The zero-order chi connectivity index (χ0) is 14.7. The van der Waals surface area contributed by atoms with Crippen molar-refractivity contribution in [3.05, 3.63) is 41.0 Å². The summed E-state index contributed by atoms with van der Waals surface area (Å²) in [4.78, 5) is 5.69. The molecule has 4 nitrogen and oxygen atoms in total. The highest BCUT2D eigenvalue weighted by Gasteiger charge is 2.32. The van der Waals surface area contributed by atoms with Gasteiger partial charge in [-0.05, 0) is 31.3 Å². The van der Waals surface area contributed by atoms with Crippen LogP contribution in [0.5, 0.6) is 0 Å². The summed E-state index contributed by atoms with van der Waals surface area (Å²) < 4.78 is 5.44. The summed E-state index contributed by atoms with van der Waals surface area (Å²) in [5.41, 5.74) is 0. The average molecular weight is 342 g/mol. The predicted octanol–water partition coefficient (Wildman–Crippen LogP) is 3.43. The molecule has 3 rings (SSSR count). The smallest absolute Gasteiger partial charge is 0.232 e. The van der Waals surface area contributed by atoms with E-state index in [-0.39, 0.29) is 0 Å². The number of aromatic nitrogens is 2. The van der Waals surface area contributed by atoms with Gasteiger partial charge in [-0.1, -0.05) is 16.8 Å². The highest BCUT2D eigenvalue weighted by molar-refractivity contribution is 7.99. The molecule has 0 bridgehead atoms. The SMILES string of the molecule is CNC1CSCC1c1nc(CSc2ccc(Cl)cc2)no1. The number of rotatable bonds is 5. The van der Waals surface area contributed by atoms with Crippen LogP contribution in [0.15, 0.2) is 33.7 Å². The third-order valence-electron chi connectivity index (χ3n) is 3.43. The zero-order valence-corrected chi connectivity index (χ0v) is 14.0. The van der Waals surface area contributed by atoms with E-state index in [4.69, 9.17) is 16.1 Å². The molecule has 1 aromatic heterocycles. The lowest BCUT2D eigenvalue weighted by molar-refractivity contribution is 0.341. The maximum atomic E-state index is 5.88. The van der Waals surface area contributed by atoms with E-state index < -0.39 is 0 Å². The van der Waals surface area contributed by atoms with Gasteiger partial charge in [0.25, 0.3) is 0 Å². The molecule has 1 fully saturated rings. The van der Waals surface area contributed by atoms with Gasteiger partial charge in [-0.25, -0.2) is 0 Å². The minimum atomic E-state index is 0.321. The normalized spacial score (nSPS) is 21.8. The van der Waals surface area contributed by atoms with Crippen molar-refractivity contribution in [3.8, 4) is 0 Å². The number of nitrogens with one attached hydrogen (secondary N) is 1. The fraction of sp³-hybridized carbons (Fsp3) is 0.429. The summed E-state index contributed by atoms with van der Waals surface area (Å²) in [5, 5.41) is 8.16. The largest absolute Gasteiger partial charge is 0.339 e. The summed E-state index contributed by atoms with van der Waals surface area (Å²) in [6.07, 6.45) is 0. The second-order valence-corrected chi connectivity index (χ2v) is 7.39. The van der Waals surface area contributed by atoms with E-state index in [1.54, 1.807) is 11.8 Å². The molecule has 0 amide bonds. The van der Waals surface area contributed by atoms with Gasteiger partial charge in [0.05, 0.1) is 11.7 Å². The molecule has 1 aliphatic rings. The molecule has 1 aliphatic heterocycles. The Morgan fingerprint density at radius 2 is 2.19 bits per heavy atom. The van der Waals surface area contributed by atoms with Crippen LogP contribution in [-0.4, -0.2) is 34.7 Å². The summed E-state index contributed by atoms with van der Waals surface area (Å²) in [6.45, 7) is 0. The first-order chi connectivity index (χ1) is 10.3. The summed E-state index contributed by atoms with van der Waals surface area (Å²) >= 11 is 9.48. The molecule has 0 spiro atoms. The third-order valence-corrected chi connectivity index (χ3v) is 5.88. The number of hydrogen-bond donors (Lipinski definition) is 1. The Morgan fingerprint density at radius 1 is 1.38 bits per heavy atom. The van der Waals surface area contributed by atoms with Crippen molar-refractivity contribution in [3.63, 3.8) is 0 Å². The van der Waals surface area contributed by atoms with Crippen molar-refractivity contribution in [1.29, 1.82) is 0 Å². The minimum absolute atomic E-state index is 0.321. The van der Waals surface area contributed by atoms with E-state index >= 15 is 0 Å². The molecule has 21 heavy (non-hydrogen) atoms. The molecule has 1 N–H and O–H groups in total. The van der Waals surface area contributed by atoms with Crippen LogP contribution in [-0.2, 0) is 5.75 Å². The van der Waals surface area contributed by atoms with Crippen LogP contribution in [0.2, 0.25) is 5.02 Å². The van der Waals surface area contributed by atoms with Gasteiger partial charge in [0.2, 0.25) is 5.89 Å². The highest BCUT2D eigenvalue weighted by atomic mass is 35.5. The van der Waals surface area contributed by atoms with Crippen molar-refractivity contribution in [2.45, 2.75) is 22.6 Å². The molecule has 0 radical (unpaired) electrons. The van der Waals surface area contributed by atoms with Gasteiger partial charge >= 0.3 is 0 Å². The highest BCUT2D eigenvalue weighted by Crippen LogP contribution is 2.32. The Hall–Kier alpha value is -0.690. The van der Waals surface area contributed by atoms with Gasteiger partial charge in [0.15, 0.2) is 5.82 Å². The van der Waals surface area contributed by atoms with Crippen molar-refractivity contribution in [2.24, 2.45) is 0 Å². The molecule has 1 aromatic carbocycles. The topological polar surface area (TPSA) is 51.0 Å². The molecular weight excluding hydrogens is 326 g/mol. The minimum Gasteiger partial charge on any atom is -0.339 e. The van der Waals surface area contributed by atoms with Crippen LogP contribution < -0.4 is 5.32 Å². The number of benzene rings is 1. The zero-order valence-electron chi connectivity index (χ0n) is 11.6. The molecule has 2 unspecified atom stereocenters. The van der Waals surface area contributed by atoms with Gasteiger partial charge in [-0.2, -0.15) is 16.7 Å². The number of thioether (sulfide) groups is 2. The van der Waals surface area contributed by atoms with E-state index in [0.29, 0.717) is 17.7 Å². The summed E-state index contributed by atoms with van der Waals surface area (Å²) in [7, 11) is 1.98. The maximum absolute atomic E-state index is 5.88. The van der Waals surface area contributed by atoms with Gasteiger partial charge < -0.3 is 9.84 Å². The molecule has 2 atom stereocenters. The molecule has 7 heteroatoms. The van der Waals surface area contributed by atoms with Crippen LogP contribution in [0.4, 0.5) is 0 Å². The first kappa shape index (κ1) is 15.2. The van der Waals surface area contributed by atoms with Crippen molar-refractivity contribution >= 4 is 35.1 Å². The van der Waals surface area contributed by atoms with Gasteiger partial charge in [0, 0.05) is 27.5 Å². The lowest BCUT2D eigenvalue weighted by Crippen LogP contribution is -2.31. The molecule has 0 saturated carbocycles. The molecule has 2 aromatic rings.